The lowest BCUT2D eigenvalue weighted by Gasteiger charge is -2.33. The molecular formula is C29H31F3N2O4. The lowest BCUT2D eigenvalue weighted by Crippen LogP contribution is -2.48. The average molecular weight is 529 g/mol. The number of hydrogen-bond donors (Lipinski definition) is 1. The predicted octanol–water partition coefficient (Wildman–Crippen LogP) is 3.84. The molecule has 1 N–H and O–H groups in total. The van der Waals surface area contributed by atoms with Crippen LogP contribution in [0.25, 0.3) is 0 Å². The van der Waals surface area contributed by atoms with Gasteiger partial charge < -0.3 is 10.0 Å². The summed E-state index contributed by atoms with van der Waals surface area (Å²) in [6.45, 7) is 1.88. The Balaban J connectivity index is 1.62. The fourth-order valence-electron chi connectivity index (χ4n) is 4.47. The van der Waals surface area contributed by atoms with Gasteiger partial charge in [-0.3, -0.25) is 19.3 Å². The second kappa shape index (κ2) is 12.9. The number of piperidine rings is 1. The summed E-state index contributed by atoms with van der Waals surface area (Å²) in [6.07, 6.45) is -3.38. The second-order valence-corrected chi connectivity index (χ2v) is 9.40. The lowest BCUT2D eigenvalue weighted by atomic mass is 9.97. The number of Topliss-reactive ketones (excluding diaryl/α,β-unsaturated/α-hetero) is 2. The molecule has 1 aliphatic rings. The first-order valence-corrected chi connectivity index (χ1v) is 12.5. The zero-order valence-corrected chi connectivity index (χ0v) is 21.4. The van der Waals surface area contributed by atoms with Gasteiger partial charge in [0, 0.05) is 43.2 Å². The summed E-state index contributed by atoms with van der Waals surface area (Å²) in [7, 11) is 1.35. The van der Waals surface area contributed by atoms with Crippen molar-refractivity contribution in [3.63, 3.8) is 0 Å². The van der Waals surface area contributed by atoms with Crippen LogP contribution in [0.3, 0.4) is 0 Å². The number of alkyl halides is 3. The summed E-state index contributed by atoms with van der Waals surface area (Å²) in [5, 5.41) is 9.17. The number of benzene rings is 2. The van der Waals surface area contributed by atoms with Crippen LogP contribution in [0.15, 0.2) is 48.5 Å². The van der Waals surface area contributed by atoms with Crippen LogP contribution in [0.4, 0.5) is 13.2 Å². The highest BCUT2D eigenvalue weighted by Gasteiger charge is 2.41. The van der Waals surface area contributed by atoms with Crippen LogP contribution in [0.1, 0.15) is 53.2 Å². The Morgan fingerprint density at radius 3 is 2.13 bits per heavy atom. The van der Waals surface area contributed by atoms with Gasteiger partial charge in [-0.05, 0) is 61.3 Å². The summed E-state index contributed by atoms with van der Waals surface area (Å²) >= 11 is 0. The number of nitrogens with zero attached hydrogens (tertiary/aromatic N) is 2. The Hall–Kier alpha value is -3.48. The van der Waals surface area contributed by atoms with Gasteiger partial charge in [0.15, 0.2) is 17.6 Å². The Morgan fingerprint density at radius 2 is 1.61 bits per heavy atom. The minimum Gasteiger partial charge on any atom is -0.388 e. The molecule has 1 amide bonds. The molecule has 3 rings (SSSR count). The summed E-state index contributed by atoms with van der Waals surface area (Å²) in [5.74, 6) is 3.06. The molecule has 2 aromatic carbocycles. The maximum Gasteiger partial charge on any atom is 0.393 e. The van der Waals surface area contributed by atoms with E-state index in [1.807, 2.05) is 29.2 Å². The Kier molecular flexibility index (Phi) is 9.84. The zero-order valence-electron chi connectivity index (χ0n) is 21.4. The molecule has 0 saturated carbocycles. The molecule has 0 aliphatic carbocycles. The Bertz CT molecular complexity index is 1180. The number of carbonyl (C=O) groups excluding carboxylic acids is 3. The van der Waals surface area contributed by atoms with Crippen molar-refractivity contribution < 1.29 is 32.7 Å². The molecule has 2 atom stereocenters. The van der Waals surface area contributed by atoms with Crippen LogP contribution in [0.2, 0.25) is 0 Å². The first kappa shape index (κ1) is 29.1. The number of likely N-dealkylation sites (N-methyl/N-ethyl adjacent to an activating group) is 1. The van der Waals surface area contributed by atoms with Crippen molar-refractivity contribution in [1.29, 1.82) is 0 Å². The van der Waals surface area contributed by atoms with E-state index in [1.165, 1.54) is 7.05 Å². The molecule has 9 heteroatoms. The van der Waals surface area contributed by atoms with E-state index in [1.54, 1.807) is 31.2 Å². The minimum atomic E-state index is -4.16. The molecule has 1 fully saturated rings. The quantitative estimate of drug-likeness (QED) is 0.416. The van der Waals surface area contributed by atoms with Gasteiger partial charge in [0.05, 0.1) is 5.92 Å². The van der Waals surface area contributed by atoms with E-state index in [2.05, 4.69) is 11.8 Å². The Morgan fingerprint density at radius 1 is 1.03 bits per heavy atom. The van der Waals surface area contributed by atoms with E-state index in [4.69, 9.17) is 0 Å². The van der Waals surface area contributed by atoms with Gasteiger partial charge >= 0.3 is 6.18 Å². The smallest absolute Gasteiger partial charge is 0.388 e. The number of halogens is 3. The van der Waals surface area contributed by atoms with Crippen LogP contribution in [0.5, 0.6) is 0 Å². The predicted molar refractivity (Wildman–Crippen MR) is 136 cm³/mol. The largest absolute Gasteiger partial charge is 0.393 e. The molecule has 0 radical (unpaired) electrons. The van der Waals surface area contributed by atoms with Gasteiger partial charge in [0.2, 0.25) is 0 Å². The molecule has 6 nitrogen and oxygen atoms in total. The van der Waals surface area contributed by atoms with Crippen LogP contribution in [-0.4, -0.2) is 71.3 Å². The van der Waals surface area contributed by atoms with Crippen molar-refractivity contribution in [1.82, 2.24) is 9.80 Å². The molecule has 1 saturated heterocycles. The summed E-state index contributed by atoms with van der Waals surface area (Å²) < 4.78 is 39.2. The molecule has 38 heavy (non-hydrogen) atoms. The number of hydrogen-bond acceptors (Lipinski definition) is 5. The fraction of sp³-hybridized carbons (Fsp3) is 0.414. The number of carbonyl (C=O) groups is 3. The van der Waals surface area contributed by atoms with Crippen molar-refractivity contribution in [2.45, 2.75) is 44.9 Å². The van der Waals surface area contributed by atoms with Gasteiger partial charge in [0.1, 0.15) is 6.61 Å². The number of ketones is 2. The van der Waals surface area contributed by atoms with Gasteiger partial charge in [0.25, 0.3) is 5.91 Å². The number of likely N-dealkylation sites (tertiary alicyclic amines) is 1. The number of aliphatic hydroxyl groups is 1. The molecule has 2 unspecified atom stereocenters. The summed E-state index contributed by atoms with van der Waals surface area (Å²) in [5.41, 5.74) is 2.58. The molecule has 2 aromatic rings. The van der Waals surface area contributed by atoms with Crippen molar-refractivity contribution in [3.05, 3.63) is 70.8 Å². The molecule has 202 valence electrons. The normalized spacial score (nSPS) is 16.7. The Labute approximate surface area is 220 Å². The topological polar surface area (TPSA) is 77.9 Å². The summed E-state index contributed by atoms with van der Waals surface area (Å²) in [6, 6.07) is 12.4. The lowest BCUT2D eigenvalue weighted by molar-refractivity contribution is -0.187. The van der Waals surface area contributed by atoms with Crippen molar-refractivity contribution >= 4 is 17.5 Å². The van der Waals surface area contributed by atoms with Gasteiger partial charge in [-0.1, -0.05) is 30.9 Å². The molecule has 1 heterocycles. The van der Waals surface area contributed by atoms with Crippen molar-refractivity contribution in [2.75, 3.05) is 26.7 Å². The standard InChI is InChI=1S/C29H31F3N2O4/c1-3-25(36)27(26(37)19-35)33(2)28(38)23-14-12-21(13-15-23)7-6-20-8-10-22(11-9-20)17-34-16-4-5-24(18-34)29(30,31)32/h8-15,24,27,35H,3-5,16-19H2,1-2H3. The first-order valence-electron chi connectivity index (χ1n) is 12.5. The highest BCUT2D eigenvalue weighted by Crippen LogP contribution is 2.33. The van der Waals surface area contributed by atoms with Gasteiger partial charge in [-0.15, -0.1) is 0 Å². The number of rotatable bonds is 8. The molecule has 0 spiro atoms. The van der Waals surface area contributed by atoms with Crippen LogP contribution >= 0.6 is 0 Å². The van der Waals surface area contributed by atoms with E-state index < -0.39 is 42.2 Å². The highest BCUT2D eigenvalue weighted by molar-refractivity contribution is 6.10. The average Bonchev–Trinajstić information content (AvgIpc) is 2.92. The van der Waals surface area contributed by atoms with Gasteiger partial charge in [-0.2, -0.15) is 13.2 Å². The molecule has 0 bridgehead atoms. The minimum absolute atomic E-state index is 0.0205. The highest BCUT2D eigenvalue weighted by atomic mass is 19.4. The summed E-state index contributed by atoms with van der Waals surface area (Å²) in [4.78, 5) is 39.8. The first-order chi connectivity index (χ1) is 18.0. The third-order valence-corrected chi connectivity index (χ3v) is 6.63. The van der Waals surface area contributed by atoms with E-state index >= 15 is 0 Å². The molecular weight excluding hydrogens is 497 g/mol. The third-order valence-electron chi connectivity index (χ3n) is 6.63. The monoisotopic (exact) mass is 528 g/mol. The van der Waals surface area contributed by atoms with E-state index in [0.717, 1.165) is 16.0 Å². The third kappa shape index (κ3) is 7.53. The second-order valence-electron chi connectivity index (χ2n) is 9.40. The maximum atomic E-state index is 13.1. The SMILES string of the molecule is CCC(=O)C(C(=O)CO)N(C)C(=O)c1ccc(C#Cc2ccc(CN3CCCC(C(F)(F)F)C3)cc2)cc1. The van der Waals surface area contributed by atoms with E-state index in [9.17, 15) is 32.7 Å². The van der Waals surface area contributed by atoms with Crippen LogP contribution < -0.4 is 0 Å². The van der Waals surface area contributed by atoms with E-state index in [0.29, 0.717) is 25.1 Å². The molecule has 1 aliphatic heterocycles. The van der Waals surface area contributed by atoms with Crippen molar-refractivity contribution in [3.8, 4) is 11.8 Å². The maximum absolute atomic E-state index is 13.1. The van der Waals surface area contributed by atoms with Crippen LogP contribution in [0, 0.1) is 17.8 Å². The van der Waals surface area contributed by atoms with Crippen LogP contribution in [-0.2, 0) is 16.1 Å². The molecule has 0 aromatic heterocycles. The van der Waals surface area contributed by atoms with Crippen molar-refractivity contribution in [2.24, 2.45) is 5.92 Å². The van der Waals surface area contributed by atoms with Gasteiger partial charge in [-0.25, -0.2) is 0 Å². The zero-order chi connectivity index (χ0) is 27.9. The van der Waals surface area contributed by atoms with E-state index in [-0.39, 0.29) is 24.9 Å². The number of amides is 1. The fourth-order valence-corrected chi connectivity index (χ4v) is 4.47. The number of aliphatic hydroxyl groups excluding tert-OH is 1.